The van der Waals surface area contributed by atoms with Crippen molar-refractivity contribution >= 4 is 49.6 Å². The Labute approximate surface area is 145 Å². The van der Waals surface area contributed by atoms with Crippen molar-refractivity contribution in [2.24, 2.45) is 0 Å². The van der Waals surface area contributed by atoms with E-state index in [0.29, 0.717) is 0 Å². The average Bonchev–Trinajstić information content (AvgIpc) is 2.93. The van der Waals surface area contributed by atoms with E-state index in [0.717, 1.165) is 55.4 Å². The predicted molar refractivity (Wildman–Crippen MR) is 86.2 cm³/mol. The normalized spacial score (nSPS) is 13.0. The summed E-state index contributed by atoms with van der Waals surface area (Å²) in [5.41, 5.74) is 2.97. The summed E-state index contributed by atoms with van der Waals surface area (Å²) in [7, 11) is 0. The summed E-state index contributed by atoms with van der Waals surface area (Å²) in [6.45, 7) is 1.10. The molecule has 0 fully saturated rings. The van der Waals surface area contributed by atoms with Crippen molar-refractivity contribution in [2.45, 2.75) is 6.61 Å². The summed E-state index contributed by atoms with van der Waals surface area (Å²) in [5, 5.41) is 3.22. The van der Waals surface area contributed by atoms with E-state index in [2.05, 4.69) is 13.0 Å². The van der Waals surface area contributed by atoms with Crippen molar-refractivity contribution in [2.75, 3.05) is 14.7 Å². The molecule has 0 radical (unpaired) electrons. The monoisotopic (exact) mass is 485 g/mol. The van der Waals surface area contributed by atoms with Gasteiger partial charge in [-0.1, -0.05) is 6.07 Å². The first kappa shape index (κ1) is 15.0. The fraction of sp³-hybridized carbons (Fsp3) is 0.125. The second kappa shape index (κ2) is 6.91. The Morgan fingerprint density at radius 1 is 1.41 bits per heavy atom. The number of hydrogen-bond acceptors (Lipinski definition) is 5. The number of hydrogen-bond donors (Lipinski definition) is 1. The van der Waals surface area contributed by atoms with Gasteiger partial charge in [0.2, 0.25) is 0 Å². The fourth-order valence-electron chi connectivity index (χ4n) is 2.10. The molecular weight excluding hydrogens is 471 g/mol. The molecule has 2 aromatic rings. The number of anilines is 2. The fourth-order valence-corrected chi connectivity index (χ4v) is 3.22. The zero-order valence-corrected chi connectivity index (χ0v) is 16.4. The summed E-state index contributed by atoms with van der Waals surface area (Å²) < 4.78 is 7.43. The van der Waals surface area contributed by atoms with E-state index < -0.39 is 0 Å². The molecule has 1 aromatic carbocycles. The molecule has 1 aliphatic heterocycles. The van der Waals surface area contributed by atoms with Crippen LogP contribution in [-0.4, -0.2) is 43.7 Å². The number of benzene rings is 1. The Morgan fingerprint density at radius 3 is 3.05 bits per heavy atom. The van der Waals surface area contributed by atoms with E-state index in [1.807, 2.05) is 36.4 Å². The number of rotatable bonds is 4. The number of nitrogens with zero attached hydrogens (tertiary/aromatic N) is 2. The van der Waals surface area contributed by atoms with Crippen molar-refractivity contribution in [3.05, 3.63) is 59.8 Å². The zero-order valence-electron chi connectivity index (χ0n) is 11.9. The summed E-state index contributed by atoms with van der Waals surface area (Å²) in [6.07, 6.45) is 4.92. The maximum absolute atomic E-state index is 11.7. The first-order chi connectivity index (χ1) is 10.7. The van der Waals surface area contributed by atoms with Gasteiger partial charge in [-0.05, 0) is 0 Å². The van der Waals surface area contributed by atoms with Crippen LogP contribution in [-0.2, 0) is 16.1 Å². The van der Waals surface area contributed by atoms with Gasteiger partial charge < -0.3 is 0 Å². The van der Waals surface area contributed by atoms with Crippen molar-refractivity contribution < 1.29 is 9.53 Å². The summed E-state index contributed by atoms with van der Waals surface area (Å²) in [5.74, 6) is 0.554. The molecule has 22 heavy (non-hydrogen) atoms. The first-order valence-corrected chi connectivity index (χ1v) is 8.88. The standard InChI is InChI=1S/C16H14N3O2.Tl/c20-15(21-10-12-4-2-1-3-5-12)7-6-13-8-14-16(17-9-13)19-11-18-14;/h1-9H,10-11H2,(H,17,19,20);/q-1;+1. The molecular formula is C16H14N3O2Tl. The Morgan fingerprint density at radius 2 is 2.23 bits per heavy atom. The van der Waals surface area contributed by atoms with Gasteiger partial charge in [-0.3, -0.25) is 0 Å². The topological polar surface area (TPSA) is 54.5 Å². The van der Waals surface area contributed by atoms with E-state index >= 15 is 0 Å². The minimum atomic E-state index is -0.355. The summed E-state index contributed by atoms with van der Waals surface area (Å²) in [6, 6.07) is 11.7. The quantitative estimate of drug-likeness (QED) is 0.409. The number of nitrogens with one attached hydrogen (secondary N) is 1. The van der Waals surface area contributed by atoms with Gasteiger partial charge in [0.1, 0.15) is 0 Å². The number of ether oxygens (including phenoxy) is 1. The number of aromatic nitrogens is 1. The molecule has 0 atom stereocenters. The molecule has 0 bridgehead atoms. The molecule has 1 aromatic heterocycles. The SMILES string of the molecule is O=C(/C=C/c1cnc2c(c1)[N]([Tl])CN2)OCc1ccccc1. The molecule has 0 spiro atoms. The van der Waals surface area contributed by atoms with Gasteiger partial charge in [0.25, 0.3) is 0 Å². The van der Waals surface area contributed by atoms with Crippen LogP contribution in [0.2, 0.25) is 0 Å². The Hall–Kier alpha value is -1.90. The zero-order chi connectivity index (χ0) is 15.4. The van der Waals surface area contributed by atoms with Crippen LogP contribution in [0.1, 0.15) is 11.1 Å². The third-order valence-electron chi connectivity index (χ3n) is 3.25. The second-order valence-corrected chi connectivity index (χ2v) is 7.29. The molecule has 0 saturated carbocycles. The molecule has 0 aliphatic carbocycles. The minimum absolute atomic E-state index is 0.284. The third-order valence-corrected chi connectivity index (χ3v) is 5.04. The van der Waals surface area contributed by atoms with Crippen molar-refractivity contribution in [3.8, 4) is 0 Å². The second-order valence-electron chi connectivity index (χ2n) is 4.87. The molecule has 108 valence electrons. The maximum atomic E-state index is 11.7. The van der Waals surface area contributed by atoms with Crippen LogP contribution in [0.3, 0.4) is 0 Å². The van der Waals surface area contributed by atoms with E-state index in [9.17, 15) is 4.79 Å². The molecule has 6 heteroatoms. The van der Waals surface area contributed by atoms with E-state index in [4.69, 9.17) is 4.74 Å². The average molecular weight is 485 g/mol. The van der Waals surface area contributed by atoms with Crippen LogP contribution in [0.5, 0.6) is 0 Å². The predicted octanol–water partition coefficient (Wildman–Crippen LogP) is 2.11. The van der Waals surface area contributed by atoms with Crippen LogP contribution in [0, 0.1) is 0 Å². The van der Waals surface area contributed by atoms with Gasteiger partial charge in [0.15, 0.2) is 0 Å². The third kappa shape index (κ3) is 3.65. The van der Waals surface area contributed by atoms with Crippen LogP contribution < -0.4 is 8.03 Å². The van der Waals surface area contributed by atoms with Gasteiger partial charge >= 0.3 is 139 Å². The Bertz CT molecular complexity index is 704. The van der Waals surface area contributed by atoms with Gasteiger partial charge in [-0.25, -0.2) is 0 Å². The Balaban J connectivity index is 1.59. The van der Waals surface area contributed by atoms with Gasteiger partial charge in [0.05, 0.1) is 0 Å². The molecule has 2 heterocycles. The van der Waals surface area contributed by atoms with E-state index in [1.54, 1.807) is 12.3 Å². The number of pyridine rings is 1. The first-order valence-electron chi connectivity index (χ1n) is 6.87. The van der Waals surface area contributed by atoms with Crippen LogP contribution in [0.4, 0.5) is 11.5 Å². The van der Waals surface area contributed by atoms with Crippen LogP contribution >= 0.6 is 0 Å². The van der Waals surface area contributed by atoms with E-state index in [-0.39, 0.29) is 12.6 Å². The van der Waals surface area contributed by atoms with Crippen LogP contribution in [0.25, 0.3) is 6.08 Å². The molecule has 0 amide bonds. The number of carbonyl (C=O) groups excluding carboxylic acids is 1. The molecule has 1 aliphatic rings. The van der Waals surface area contributed by atoms with E-state index in [1.165, 1.54) is 6.08 Å². The molecule has 0 unspecified atom stereocenters. The molecule has 3 rings (SSSR count). The Kier molecular flexibility index (Phi) is 4.71. The number of fused-ring (bicyclic) bond motifs is 1. The number of esters is 1. The van der Waals surface area contributed by atoms with Crippen molar-refractivity contribution in [1.29, 1.82) is 0 Å². The van der Waals surface area contributed by atoms with Crippen molar-refractivity contribution in [1.82, 2.24) is 4.98 Å². The van der Waals surface area contributed by atoms with Crippen molar-refractivity contribution in [3.63, 3.8) is 0 Å². The summed E-state index contributed by atoms with van der Waals surface area (Å²) >= 11 is 0.718. The van der Waals surface area contributed by atoms with Gasteiger partial charge in [0, 0.05) is 0 Å². The molecule has 5 nitrogen and oxygen atoms in total. The molecule has 0 saturated heterocycles. The number of carbonyl (C=O) groups is 1. The molecule has 1 N–H and O–H groups in total. The van der Waals surface area contributed by atoms with Gasteiger partial charge in [-0.15, -0.1) is 0 Å². The summed E-state index contributed by atoms with van der Waals surface area (Å²) in [4.78, 5) is 16.1. The van der Waals surface area contributed by atoms with Crippen LogP contribution in [0.15, 0.2) is 48.7 Å². The van der Waals surface area contributed by atoms with Gasteiger partial charge in [-0.2, -0.15) is 0 Å².